The maximum atomic E-state index is 12.4. The van der Waals surface area contributed by atoms with Gasteiger partial charge in [0.1, 0.15) is 6.54 Å². The first-order valence-electron chi connectivity index (χ1n) is 7.51. The molecule has 2 aliphatic rings. The van der Waals surface area contributed by atoms with Crippen LogP contribution in [0.25, 0.3) is 0 Å². The summed E-state index contributed by atoms with van der Waals surface area (Å²) in [5.74, 6) is -0.957. The van der Waals surface area contributed by atoms with Crippen LogP contribution in [0.5, 0.6) is 0 Å². The average Bonchev–Trinajstić information content (AvgIpc) is 2.80. The lowest BCUT2D eigenvalue weighted by molar-refractivity contribution is -0.132. The van der Waals surface area contributed by atoms with E-state index in [1.807, 2.05) is 0 Å². The molecule has 7 heteroatoms. The first kappa shape index (κ1) is 17.4. The van der Waals surface area contributed by atoms with Crippen LogP contribution in [0, 0.1) is 0 Å². The van der Waals surface area contributed by atoms with Gasteiger partial charge in [0, 0.05) is 13.1 Å². The number of carbonyl (C=O) groups is 3. The van der Waals surface area contributed by atoms with Gasteiger partial charge in [-0.05, 0) is 38.1 Å². The van der Waals surface area contributed by atoms with E-state index in [-0.39, 0.29) is 42.7 Å². The molecule has 124 valence electrons. The molecule has 3 amide bonds. The number of imide groups is 1. The Morgan fingerprint density at radius 1 is 1.17 bits per heavy atom. The predicted octanol–water partition coefficient (Wildman–Crippen LogP) is 0.915. The number of halogens is 1. The van der Waals surface area contributed by atoms with Crippen molar-refractivity contribution in [1.82, 2.24) is 15.1 Å². The highest BCUT2D eigenvalue weighted by molar-refractivity contribution is 6.22. The van der Waals surface area contributed by atoms with Crippen LogP contribution in [0.1, 0.15) is 33.6 Å². The van der Waals surface area contributed by atoms with Gasteiger partial charge in [-0.3, -0.25) is 19.3 Å². The highest BCUT2D eigenvalue weighted by Gasteiger charge is 2.37. The van der Waals surface area contributed by atoms with Gasteiger partial charge in [0.2, 0.25) is 5.91 Å². The van der Waals surface area contributed by atoms with Crippen LogP contribution in [0.2, 0.25) is 0 Å². The minimum absolute atomic E-state index is 0. The Kier molecular flexibility index (Phi) is 5.38. The number of hydrogen-bond donors (Lipinski definition) is 1. The molecule has 2 aliphatic heterocycles. The van der Waals surface area contributed by atoms with Crippen molar-refractivity contribution in [2.45, 2.75) is 18.9 Å². The Bertz CT molecular complexity index is 594. The molecule has 0 radical (unpaired) electrons. The number of fused-ring (bicyclic) bond motifs is 1. The van der Waals surface area contributed by atoms with Gasteiger partial charge in [0.25, 0.3) is 11.8 Å². The highest BCUT2D eigenvalue weighted by atomic mass is 35.5. The summed E-state index contributed by atoms with van der Waals surface area (Å²) >= 11 is 0. The van der Waals surface area contributed by atoms with E-state index in [4.69, 9.17) is 0 Å². The summed E-state index contributed by atoms with van der Waals surface area (Å²) in [5.41, 5.74) is 0.759. The molecule has 0 spiro atoms. The predicted molar refractivity (Wildman–Crippen MR) is 87.7 cm³/mol. The number of piperidine rings is 1. The maximum absolute atomic E-state index is 12.4. The molecule has 0 aromatic heterocycles. The fourth-order valence-corrected chi connectivity index (χ4v) is 3.03. The number of rotatable bonds is 3. The summed E-state index contributed by atoms with van der Waals surface area (Å²) in [6.07, 6.45) is 1.79. The van der Waals surface area contributed by atoms with Crippen LogP contribution in [0.15, 0.2) is 24.3 Å². The molecule has 1 aromatic carbocycles. The monoisotopic (exact) mass is 337 g/mol. The smallest absolute Gasteiger partial charge is 0.262 e. The molecule has 0 saturated carbocycles. The van der Waals surface area contributed by atoms with Crippen molar-refractivity contribution in [3.8, 4) is 0 Å². The Morgan fingerprint density at radius 3 is 2.22 bits per heavy atom. The first-order chi connectivity index (χ1) is 10.6. The zero-order valence-electron chi connectivity index (χ0n) is 12.9. The van der Waals surface area contributed by atoms with Crippen molar-refractivity contribution in [3.05, 3.63) is 35.4 Å². The third-order valence-electron chi connectivity index (χ3n) is 4.42. The van der Waals surface area contributed by atoms with Gasteiger partial charge >= 0.3 is 0 Å². The van der Waals surface area contributed by atoms with Gasteiger partial charge in [-0.2, -0.15) is 0 Å². The fourth-order valence-electron chi connectivity index (χ4n) is 3.03. The van der Waals surface area contributed by atoms with E-state index in [1.165, 1.54) is 0 Å². The Labute approximate surface area is 141 Å². The van der Waals surface area contributed by atoms with Gasteiger partial charge in [-0.15, -0.1) is 12.4 Å². The third kappa shape index (κ3) is 3.23. The van der Waals surface area contributed by atoms with E-state index in [0.29, 0.717) is 11.1 Å². The summed E-state index contributed by atoms with van der Waals surface area (Å²) in [5, 5.41) is 3.25. The number of likely N-dealkylation sites (N-methyl/N-ethyl adjacent to an activating group) is 1. The molecule has 1 fully saturated rings. The van der Waals surface area contributed by atoms with Crippen molar-refractivity contribution < 1.29 is 14.4 Å². The molecule has 23 heavy (non-hydrogen) atoms. The Hall–Kier alpha value is -1.92. The lowest BCUT2D eigenvalue weighted by atomic mass is 10.1. The molecule has 0 atom stereocenters. The molecule has 0 aliphatic carbocycles. The number of amides is 3. The van der Waals surface area contributed by atoms with Crippen molar-refractivity contribution in [1.29, 1.82) is 0 Å². The second-order valence-corrected chi connectivity index (χ2v) is 5.73. The zero-order valence-corrected chi connectivity index (χ0v) is 13.8. The standard InChI is InChI=1S/C16H19N3O3.ClH/c1-18(11-6-8-17-9-7-11)14(20)10-19-15(21)12-4-2-3-5-13(12)16(19)22;/h2-5,11,17H,6-10H2,1H3;1H. The van der Waals surface area contributed by atoms with Crippen molar-refractivity contribution >= 4 is 30.1 Å². The van der Waals surface area contributed by atoms with E-state index < -0.39 is 0 Å². The molecule has 2 heterocycles. The second kappa shape index (κ2) is 7.10. The molecule has 3 rings (SSSR count). The summed E-state index contributed by atoms with van der Waals surface area (Å²) in [4.78, 5) is 39.6. The van der Waals surface area contributed by atoms with Gasteiger partial charge in [0.15, 0.2) is 0 Å². The molecule has 0 unspecified atom stereocenters. The average molecular weight is 338 g/mol. The second-order valence-electron chi connectivity index (χ2n) is 5.73. The molecule has 1 saturated heterocycles. The lowest BCUT2D eigenvalue weighted by Gasteiger charge is -2.32. The zero-order chi connectivity index (χ0) is 15.7. The van der Waals surface area contributed by atoms with E-state index in [0.717, 1.165) is 30.8 Å². The van der Waals surface area contributed by atoms with Crippen LogP contribution in [0.4, 0.5) is 0 Å². The van der Waals surface area contributed by atoms with Gasteiger partial charge in [-0.25, -0.2) is 0 Å². The topological polar surface area (TPSA) is 69.7 Å². The minimum Gasteiger partial charge on any atom is -0.341 e. The van der Waals surface area contributed by atoms with Gasteiger partial charge < -0.3 is 10.2 Å². The summed E-state index contributed by atoms with van der Waals surface area (Å²) in [6.45, 7) is 1.58. The molecular weight excluding hydrogens is 318 g/mol. The van der Waals surface area contributed by atoms with Gasteiger partial charge in [-0.1, -0.05) is 12.1 Å². The largest absolute Gasteiger partial charge is 0.341 e. The highest BCUT2D eigenvalue weighted by Crippen LogP contribution is 2.22. The summed E-state index contributed by atoms with van der Waals surface area (Å²) in [7, 11) is 1.75. The van der Waals surface area contributed by atoms with E-state index in [1.54, 1.807) is 36.2 Å². The van der Waals surface area contributed by atoms with Crippen molar-refractivity contribution in [2.75, 3.05) is 26.7 Å². The van der Waals surface area contributed by atoms with E-state index >= 15 is 0 Å². The lowest BCUT2D eigenvalue weighted by Crippen LogP contribution is -2.48. The maximum Gasteiger partial charge on any atom is 0.262 e. The molecular formula is C16H20ClN3O3. The van der Waals surface area contributed by atoms with Crippen molar-refractivity contribution in [2.24, 2.45) is 0 Å². The third-order valence-corrected chi connectivity index (χ3v) is 4.42. The molecule has 0 bridgehead atoms. The van der Waals surface area contributed by atoms with E-state index in [2.05, 4.69) is 5.32 Å². The van der Waals surface area contributed by atoms with E-state index in [9.17, 15) is 14.4 Å². The number of hydrogen-bond acceptors (Lipinski definition) is 4. The molecule has 1 N–H and O–H groups in total. The summed E-state index contributed by atoms with van der Waals surface area (Å²) in [6, 6.07) is 6.85. The Morgan fingerprint density at radius 2 is 1.70 bits per heavy atom. The quantitative estimate of drug-likeness (QED) is 0.833. The SMILES string of the molecule is CN(C(=O)CN1C(=O)c2ccccc2C1=O)C1CCNCC1.Cl. The molecule has 1 aromatic rings. The molecule has 6 nitrogen and oxygen atoms in total. The van der Waals surface area contributed by atoms with Crippen LogP contribution < -0.4 is 5.32 Å². The number of nitrogens with one attached hydrogen (secondary N) is 1. The van der Waals surface area contributed by atoms with Crippen LogP contribution in [0.3, 0.4) is 0 Å². The Balaban J connectivity index is 0.00000192. The first-order valence-corrected chi connectivity index (χ1v) is 7.51. The summed E-state index contributed by atoms with van der Waals surface area (Å²) < 4.78 is 0. The van der Waals surface area contributed by atoms with Crippen LogP contribution in [-0.4, -0.2) is 60.2 Å². The van der Waals surface area contributed by atoms with Crippen molar-refractivity contribution in [3.63, 3.8) is 0 Å². The van der Waals surface area contributed by atoms with Crippen LogP contribution in [-0.2, 0) is 4.79 Å². The normalized spacial score (nSPS) is 17.7. The minimum atomic E-state index is -0.382. The van der Waals surface area contributed by atoms with Gasteiger partial charge in [0.05, 0.1) is 11.1 Å². The van der Waals surface area contributed by atoms with Crippen LogP contribution >= 0.6 is 12.4 Å². The fraction of sp³-hybridized carbons (Fsp3) is 0.438. The number of carbonyl (C=O) groups excluding carboxylic acids is 3. The number of nitrogens with zero attached hydrogens (tertiary/aromatic N) is 2. The number of benzene rings is 1.